The highest BCUT2D eigenvalue weighted by molar-refractivity contribution is 9.10. The van der Waals surface area contributed by atoms with E-state index in [4.69, 9.17) is 0 Å². The predicted molar refractivity (Wildman–Crippen MR) is 90.8 cm³/mol. The Balaban J connectivity index is 2.90. The van der Waals surface area contributed by atoms with Crippen LogP contribution in [0.3, 0.4) is 0 Å². The maximum atomic E-state index is 12.5. The van der Waals surface area contributed by atoms with Crippen LogP contribution in [0.1, 0.15) is 25.3 Å². The summed E-state index contributed by atoms with van der Waals surface area (Å²) in [4.78, 5) is 0.309. The van der Waals surface area contributed by atoms with Crippen molar-refractivity contribution in [1.82, 2.24) is 9.62 Å². The number of allylic oxidation sites excluding steroid dienone is 1. The van der Waals surface area contributed by atoms with Crippen LogP contribution in [0.15, 0.2) is 40.2 Å². The van der Waals surface area contributed by atoms with Crippen molar-refractivity contribution in [1.29, 1.82) is 0 Å². The van der Waals surface area contributed by atoms with Gasteiger partial charge in [-0.15, -0.1) is 6.58 Å². The Labute approximate surface area is 136 Å². The molecule has 0 aliphatic rings. The van der Waals surface area contributed by atoms with Gasteiger partial charge in [0.25, 0.3) is 0 Å². The van der Waals surface area contributed by atoms with Crippen LogP contribution in [0.2, 0.25) is 0 Å². The van der Waals surface area contributed by atoms with Gasteiger partial charge in [-0.25, -0.2) is 12.7 Å². The van der Waals surface area contributed by atoms with Crippen LogP contribution < -0.4 is 5.32 Å². The summed E-state index contributed by atoms with van der Waals surface area (Å²) in [5.41, 5.74) is 1.05. The van der Waals surface area contributed by atoms with Crippen LogP contribution in [-0.2, 0) is 16.6 Å². The lowest BCUT2D eigenvalue weighted by Crippen LogP contribution is -2.28. The average molecular weight is 375 g/mol. The molecule has 0 bridgehead atoms. The van der Waals surface area contributed by atoms with Gasteiger partial charge in [0.2, 0.25) is 10.0 Å². The number of rotatable bonds is 9. The van der Waals surface area contributed by atoms with Gasteiger partial charge in [-0.3, -0.25) is 0 Å². The molecule has 1 rings (SSSR count). The van der Waals surface area contributed by atoms with Crippen molar-refractivity contribution in [2.24, 2.45) is 0 Å². The van der Waals surface area contributed by atoms with Crippen LogP contribution >= 0.6 is 15.9 Å². The first-order valence-electron chi connectivity index (χ1n) is 6.99. The predicted octanol–water partition coefficient (Wildman–Crippen LogP) is 3.15. The largest absolute Gasteiger partial charge is 0.313 e. The van der Waals surface area contributed by atoms with E-state index in [1.54, 1.807) is 19.2 Å². The number of hydrogen-bond acceptors (Lipinski definition) is 3. The zero-order chi connectivity index (χ0) is 15.9. The van der Waals surface area contributed by atoms with Crippen LogP contribution in [0, 0.1) is 0 Å². The number of benzene rings is 1. The van der Waals surface area contributed by atoms with Crippen LogP contribution in [0.4, 0.5) is 0 Å². The number of halogens is 1. The summed E-state index contributed by atoms with van der Waals surface area (Å²) in [7, 11) is -1.85. The van der Waals surface area contributed by atoms with E-state index in [0.717, 1.165) is 31.5 Å². The summed E-state index contributed by atoms with van der Waals surface area (Å²) in [5, 5.41) is 3.22. The minimum Gasteiger partial charge on any atom is -0.313 e. The van der Waals surface area contributed by atoms with Crippen molar-refractivity contribution in [2.75, 3.05) is 20.1 Å². The summed E-state index contributed by atoms with van der Waals surface area (Å²) >= 11 is 3.38. The van der Waals surface area contributed by atoms with Crippen LogP contribution in [-0.4, -0.2) is 32.9 Å². The fraction of sp³-hybridized carbons (Fsp3) is 0.467. The van der Waals surface area contributed by atoms with E-state index in [-0.39, 0.29) is 0 Å². The van der Waals surface area contributed by atoms with E-state index in [9.17, 15) is 8.42 Å². The lowest BCUT2D eigenvalue weighted by Gasteiger charge is -2.18. The molecule has 0 spiro atoms. The van der Waals surface area contributed by atoms with Gasteiger partial charge >= 0.3 is 0 Å². The third-order valence-electron chi connectivity index (χ3n) is 3.14. The van der Waals surface area contributed by atoms with E-state index in [0.29, 0.717) is 15.9 Å². The number of hydrogen-bond donors (Lipinski definition) is 1. The molecule has 0 aliphatic heterocycles. The van der Waals surface area contributed by atoms with Gasteiger partial charge in [-0.05, 0) is 53.0 Å². The van der Waals surface area contributed by atoms with Crippen molar-refractivity contribution >= 4 is 26.0 Å². The number of unbranched alkanes of at least 4 members (excludes halogenated alkanes) is 1. The number of nitrogens with one attached hydrogen (secondary N) is 1. The first kappa shape index (κ1) is 18.4. The van der Waals surface area contributed by atoms with Gasteiger partial charge in [0.05, 0.1) is 4.90 Å². The number of sulfonamides is 1. The van der Waals surface area contributed by atoms with Crippen molar-refractivity contribution in [2.45, 2.75) is 31.2 Å². The molecule has 118 valence electrons. The molecule has 1 aromatic rings. The molecule has 0 aromatic heterocycles. The monoisotopic (exact) mass is 374 g/mol. The first-order chi connectivity index (χ1) is 9.93. The second-order valence-corrected chi connectivity index (χ2v) is 7.67. The minimum atomic E-state index is -3.46. The fourth-order valence-corrected chi connectivity index (χ4v) is 4.17. The summed E-state index contributed by atoms with van der Waals surface area (Å²) in [6, 6.07) is 5.36. The molecule has 0 radical (unpaired) electrons. The fourth-order valence-electron chi connectivity index (χ4n) is 1.88. The van der Waals surface area contributed by atoms with Gasteiger partial charge in [0, 0.05) is 24.6 Å². The summed E-state index contributed by atoms with van der Waals surface area (Å²) < 4.78 is 27.0. The van der Waals surface area contributed by atoms with E-state index >= 15 is 0 Å². The molecule has 0 saturated carbocycles. The molecule has 0 heterocycles. The lowest BCUT2D eigenvalue weighted by molar-refractivity contribution is 0.462. The topological polar surface area (TPSA) is 49.4 Å². The second-order valence-electron chi connectivity index (χ2n) is 4.80. The summed E-state index contributed by atoms with van der Waals surface area (Å²) in [6.45, 7) is 7.77. The molecular formula is C15H23BrN2O2S. The van der Waals surface area contributed by atoms with Crippen molar-refractivity contribution in [3.8, 4) is 0 Å². The molecule has 0 amide bonds. The Kier molecular flexibility index (Phi) is 7.59. The highest BCUT2D eigenvalue weighted by Gasteiger charge is 2.22. The van der Waals surface area contributed by atoms with Crippen molar-refractivity contribution < 1.29 is 8.42 Å². The third kappa shape index (κ3) is 5.21. The highest BCUT2D eigenvalue weighted by atomic mass is 79.9. The average Bonchev–Trinajstić information content (AvgIpc) is 2.45. The molecule has 0 atom stereocenters. The highest BCUT2D eigenvalue weighted by Crippen LogP contribution is 2.26. The molecule has 0 saturated heterocycles. The molecule has 0 unspecified atom stereocenters. The van der Waals surface area contributed by atoms with Gasteiger partial charge in [0.1, 0.15) is 0 Å². The van der Waals surface area contributed by atoms with E-state index in [1.807, 2.05) is 19.1 Å². The van der Waals surface area contributed by atoms with Crippen molar-refractivity contribution in [3.63, 3.8) is 0 Å². The first-order valence-corrected chi connectivity index (χ1v) is 9.23. The Morgan fingerprint density at radius 3 is 2.71 bits per heavy atom. The second kappa shape index (κ2) is 8.68. The minimum absolute atomic E-state index is 0.309. The smallest absolute Gasteiger partial charge is 0.243 e. The Morgan fingerprint density at radius 1 is 1.43 bits per heavy atom. The van der Waals surface area contributed by atoms with E-state index in [2.05, 4.69) is 27.8 Å². The van der Waals surface area contributed by atoms with Gasteiger partial charge in [0.15, 0.2) is 0 Å². The summed E-state index contributed by atoms with van der Waals surface area (Å²) in [6.07, 6.45) is 3.38. The molecule has 4 nitrogen and oxygen atoms in total. The van der Waals surface area contributed by atoms with Gasteiger partial charge in [-0.1, -0.05) is 19.1 Å². The molecule has 0 aliphatic carbocycles. The molecule has 1 N–H and O–H groups in total. The van der Waals surface area contributed by atoms with Crippen LogP contribution in [0.5, 0.6) is 0 Å². The normalized spacial score (nSPS) is 11.8. The molecule has 21 heavy (non-hydrogen) atoms. The van der Waals surface area contributed by atoms with Crippen molar-refractivity contribution in [3.05, 3.63) is 40.9 Å². The molecular weight excluding hydrogens is 352 g/mol. The SMILES string of the molecule is C=CCCCN(C)S(=O)(=O)c1ccc(CNCC)cc1Br. The van der Waals surface area contributed by atoms with E-state index in [1.165, 1.54) is 4.31 Å². The van der Waals surface area contributed by atoms with Crippen LogP contribution in [0.25, 0.3) is 0 Å². The maximum absolute atomic E-state index is 12.5. The zero-order valence-electron chi connectivity index (χ0n) is 12.6. The molecule has 0 fully saturated rings. The Bertz CT molecular complexity index is 573. The Hall–Kier alpha value is -0.690. The third-order valence-corrected chi connectivity index (χ3v) is 5.98. The molecule has 1 aromatic carbocycles. The van der Waals surface area contributed by atoms with Gasteiger partial charge < -0.3 is 5.32 Å². The zero-order valence-corrected chi connectivity index (χ0v) is 15.0. The lowest BCUT2D eigenvalue weighted by atomic mass is 10.2. The Morgan fingerprint density at radius 2 is 2.14 bits per heavy atom. The van der Waals surface area contributed by atoms with E-state index < -0.39 is 10.0 Å². The molecule has 6 heteroatoms. The summed E-state index contributed by atoms with van der Waals surface area (Å²) in [5.74, 6) is 0. The van der Waals surface area contributed by atoms with Gasteiger partial charge in [-0.2, -0.15) is 0 Å². The number of nitrogens with zero attached hydrogens (tertiary/aromatic N) is 1. The quantitative estimate of drug-likeness (QED) is 0.533. The maximum Gasteiger partial charge on any atom is 0.243 e. The standard InChI is InChI=1S/C15H23BrN2O2S/c1-4-6-7-10-18(3)21(19,20)15-9-8-13(11-14(15)16)12-17-5-2/h4,8-9,11,17H,1,5-7,10,12H2,2-3H3.